The molecule has 4 atom stereocenters. The Bertz CT molecular complexity index is 491. The van der Waals surface area contributed by atoms with E-state index in [1.165, 1.54) is 5.56 Å². The lowest BCUT2D eigenvalue weighted by atomic mass is 10.0. The normalized spacial score (nSPS) is 31.3. The predicted molar refractivity (Wildman–Crippen MR) is 89.0 cm³/mol. The third-order valence-corrected chi connectivity index (χ3v) is 4.83. The van der Waals surface area contributed by atoms with Crippen LogP contribution in [0.2, 0.25) is 0 Å². The van der Waals surface area contributed by atoms with E-state index in [1.54, 1.807) is 0 Å². The molecule has 2 heterocycles. The molecular formula is C18H27NO5. The van der Waals surface area contributed by atoms with E-state index in [0.717, 1.165) is 38.3 Å². The molecule has 3 N–H and O–H groups in total. The van der Waals surface area contributed by atoms with Crippen molar-refractivity contribution in [1.29, 1.82) is 0 Å². The third-order valence-electron chi connectivity index (χ3n) is 4.83. The molecule has 6 nitrogen and oxygen atoms in total. The summed E-state index contributed by atoms with van der Waals surface area (Å²) in [4.78, 5) is 1.98. The van der Waals surface area contributed by atoms with Gasteiger partial charge in [-0.3, -0.25) is 4.90 Å². The van der Waals surface area contributed by atoms with Gasteiger partial charge < -0.3 is 24.8 Å². The van der Waals surface area contributed by atoms with Crippen molar-refractivity contribution in [3.05, 3.63) is 29.8 Å². The summed E-state index contributed by atoms with van der Waals surface area (Å²) in [5.74, 6) is 1.37. The molecule has 0 amide bonds. The minimum absolute atomic E-state index is 0.392. The third kappa shape index (κ3) is 4.68. The summed E-state index contributed by atoms with van der Waals surface area (Å²) in [6, 6.07) is 8.06. The molecule has 2 unspecified atom stereocenters. The molecule has 6 heteroatoms. The van der Waals surface area contributed by atoms with Gasteiger partial charge in [0, 0.05) is 32.2 Å². The summed E-state index contributed by atoms with van der Waals surface area (Å²) in [5, 5.41) is 29.0. The van der Waals surface area contributed by atoms with Crippen LogP contribution in [0.1, 0.15) is 12.0 Å². The molecule has 0 spiro atoms. The monoisotopic (exact) mass is 337 g/mol. The van der Waals surface area contributed by atoms with Gasteiger partial charge in [-0.05, 0) is 30.5 Å². The molecular weight excluding hydrogens is 310 g/mol. The highest BCUT2D eigenvalue weighted by Gasteiger charge is 2.32. The topological polar surface area (TPSA) is 82.4 Å². The van der Waals surface area contributed by atoms with Crippen molar-refractivity contribution in [2.45, 2.75) is 31.2 Å². The first kappa shape index (κ1) is 17.6. The van der Waals surface area contributed by atoms with E-state index in [4.69, 9.17) is 9.47 Å². The summed E-state index contributed by atoms with van der Waals surface area (Å²) < 4.78 is 11.1. The first-order valence-corrected chi connectivity index (χ1v) is 8.68. The SMILES string of the molecule is OC1[C@H](O)CN(CCc2ccc(OCC3CCOC3)cc2)C[C@@H]1O. The lowest BCUT2D eigenvalue weighted by Gasteiger charge is -2.36. The van der Waals surface area contributed by atoms with Gasteiger partial charge in [0.2, 0.25) is 0 Å². The van der Waals surface area contributed by atoms with E-state index in [1.807, 2.05) is 29.2 Å². The smallest absolute Gasteiger partial charge is 0.119 e. The molecule has 134 valence electrons. The lowest BCUT2D eigenvalue weighted by molar-refractivity contribution is -0.109. The van der Waals surface area contributed by atoms with E-state index in [-0.39, 0.29) is 0 Å². The van der Waals surface area contributed by atoms with E-state index in [0.29, 0.717) is 25.6 Å². The highest BCUT2D eigenvalue weighted by molar-refractivity contribution is 5.27. The van der Waals surface area contributed by atoms with Crippen molar-refractivity contribution in [2.24, 2.45) is 5.92 Å². The largest absolute Gasteiger partial charge is 0.493 e. The van der Waals surface area contributed by atoms with Crippen LogP contribution in [-0.2, 0) is 11.2 Å². The van der Waals surface area contributed by atoms with E-state index in [2.05, 4.69) is 0 Å². The molecule has 24 heavy (non-hydrogen) atoms. The van der Waals surface area contributed by atoms with Crippen LogP contribution >= 0.6 is 0 Å². The van der Waals surface area contributed by atoms with Crippen LogP contribution < -0.4 is 4.74 Å². The van der Waals surface area contributed by atoms with Gasteiger partial charge in [-0.2, -0.15) is 0 Å². The van der Waals surface area contributed by atoms with Crippen LogP contribution in [0.5, 0.6) is 5.75 Å². The van der Waals surface area contributed by atoms with Gasteiger partial charge in [0.25, 0.3) is 0 Å². The van der Waals surface area contributed by atoms with Gasteiger partial charge in [-0.25, -0.2) is 0 Å². The minimum atomic E-state index is -1.04. The number of likely N-dealkylation sites (tertiary alicyclic amines) is 1. The summed E-state index contributed by atoms with van der Waals surface area (Å²) in [5.41, 5.74) is 1.18. The average Bonchev–Trinajstić information content (AvgIpc) is 3.10. The van der Waals surface area contributed by atoms with Crippen LogP contribution in [0, 0.1) is 5.92 Å². The molecule has 0 saturated carbocycles. The lowest BCUT2D eigenvalue weighted by Crippen LogP contribution is -2.55. The highest BCUT2D eigenvalue weighted by Crippen LogP contribution is 2.18. The Kier molecular flexibility index (Phi) is 6.08. The Labute approximate surface area is 142 Å². The molecule has 2 aliphatic rings. The van der Waals surface area contributed by atoms with Crippen molar-refractivity contribution in [3.63, 3.8) is 0 Å². The zero-order chi connectivity index (χ0) is 16.9. The van der Waals surface area contributed by atoms with Gasteiger partial charge in [0.1, 0.15) is 11.9 Å². The van der Waals surface area contributed by atoms with Crippen molar-refractivity contribution in [2.75, 3.05) is 39.5 Å². The number of nitrogens with zero attached hydrogens (tertiary/aromatic N) is 1. The molecule has 2 saturated heterocycles. The number of hydrogen-bond acceptors (Lipinski definition) is 6. The molecule has 0 aliphatic carbocycles. The van der Waals surface area contributed by atoms with Crippen molar-refractivity contribution in [1.82, 2.24) is 4.90 Å². The second-order valence-electron chi connectivity index (χ2n) is 6.82. The Morgan fingerprint density at radius 1 is 1.08 bits per heavy atom. The van der Waals surface area contributed by atoms with Crippen LogP contribution in [0.25, 0.3) is 0 Å². The quantitative estimate of drug-likeness (QED) is 0.680. The second-order valence-corrected chi connectivity index (χ2v) is 6.82. The summed E-state index contributed by atoms with van der Waals surface area (Å²) in [7, 11) is 0. The molecule has 0 aromatic heterocycles. The van der Waals surface area contributed by atoms with Crippen molar-refractivity contribution < 1.29 is 24.8 Å². The fourth-order valence-electron chi connectivity index (χ4n) is 3.23. The number of rotatable bonds is 6. The molecule has 0 radical (unpaired) electrons. The maximum Gasteiger partial charge on any atom is 0.119 e. The molecule has 3 rings (SSSR count). The van der Waals surface area contributed by atoms with Gasteiger partial charge >= 0.3 is 0 Å². The maximum absolute atomic E-state index is 9.72. The fraction of sp³-hybridized carbons (Fsp3) is 0.667. The van der Waals surface area contributed by atoms with Crippen LogP contribution in [-0.4, -0.2) is 78.0 Å². The summed E-state index contributed by atoms with van der Waals surface area (Å²) >= 11 is 0. The van der Waals surface area contributed by atoms with Crippen LogP contribution in [0.3, 0.4) is 0 Å². The number of benzene rings is 1. The number of aliphatic hydroxyl groups is 3. The van der Waals surface area contributed by atoms with Crippen LogP contribution in [0.15, 0.2) is 24.3 Å². The average molecular weight is 337 g/mol. The Morgan fingerprint density at radius 2 is 1.79 bits per heavy atom. The zero-order valence-corrected chi connectivity index (χ0v) is 13.9. The van der Waals surface area contributed by atoms with Crippen molar-refractivity contribution >= 4 is 0 Å². The number of piperidine rings is 1. The Morgan fingerprint density at radius 3 is 2.42 bits per heavy atom. The predicted octanol–water partition coefficient (Wildman–Crippen LogP) is 0.0427. The minimum Gasteiger partial charge on any atom is -0.493 e. The molecule has 1 aromatic rings. The first-order valence-electron chi connectivity index (χ1n) is 8.68. The molecule has 0 bridgehead atoms. The molecule has 1 aromatic carbocycles. The number of hydrogen-bond donors (Lipinski definition) is 3. The van der Waals surface area contributed by atoms with Crippen molar-refractivity contribution in [3.8, 4) is 5.75 Å². The van der Waals surface area contributed by atoms with E-state index >= 15 is 0 Å². The molecule has 2 fully saturated rings. The Hall–Kier alpha value is -1.18. The van der Waals surface area contributed by atoms with Gasteiger partial charge in [0.05, 0.1) is 25.4 Å². The fourth-order valence-corrected chi connectivity index (χ4v) is 3.23. The standard InChI is InChI=1S/C18H27NO5/c20-16-9-19(10-17(21)18(16)22)7-5-13-1-3-15(4-2-13)24-12-14-6-8-23-11-14/h1-4,14,16-18,20-22H,5-12H2/t14?,16-,17+,18?. The first-order chi connectivity index (χ1) is 11.6. The van der Waals surface area contributed by atoms with E-state index in [9.17, 15) is 15.3 Å². The highest BCUT2D eigenvalue weighted by atomic mass is 16.5. The van der Waals surface area contributed by atoms with Gasteiger partial charge in [-0.1, -0.05) is 12.1 Å². The van der Waals surface area contributed by atoms with Gasteiger partial charge in [0.15, 0.2) is 0 Å². The zero-order valence-electron chi connectivity index (χ0n) is 13.9. The van der Waals surface area contributed by atoms with Gasteiger partial charge in [-0.15, -0.1) is 0 Å². The maximum atomic E-state index is 9.72. The number of β-amino-alcohol motifs (C(OH)–C–C–N with tert-alkyl or cyclic N) is 2. The second kappa shape index (κ2) is 8.27. The number of aliphatic hydroxyl groups excluding tert-OH is 3. The van der Waals surface area contributed by atoms with E-state index < -0.39 is 18.3 Å². The van der Waals surface area contributed by atoms with Crippen LogP contribution in [0.4, 0.5) is 0 Å². The Balaban J connectivity index is 1.42. The summed E-state index contributed by atoms with van der Waals surface area (Å²) in [6.07, 6.45) is -0.914. The summed E-state index contributed by atoms with van der Waals surface area (Å²) in [6.45, 7) is 3.85. The molecule has 2 aliphatic heterocycles. The number of ether oxygens (including phenoxy) is 2.